The number of hydrogen-bond donors (Lipinski definition) is 1. The third-order valence-corrected chi connectivity index (χ3v) is 11.0. The first kappa shape index (κ1) is 26.6. The molecule has 6 heterocycles. The predicted octanol–water partition coefficient (Wildman–Crippen LogP) is 3.98. The number of aromatic nitrogens is 2. The summed E-state index contributed by atoms with van der Waals surface area (Å²) in [5.41, 5.74) is 10.3. The molecule has 10 heteroatoms. The van der Waals surface area contributed by atoms with E-state index in [4.69, 9.17) is 29.9 Å². The largest absolute Gasteiger partial charge is 0.461 e. The quantitative estimate of drug-likeness (QED) is 0.531. The molecule has 42 heavy (non-hydrogen) atoms. The number of anilines is 2. The smallest absolute Gasteiger partial charge is 0.318 e. The first-order valence-electron chi connectivity index (χ1n) is 15.6. The Morgan fingerprint density at radius 1 is 1.21 bits per heavy atom. The first-order valence-corrected chi connectivity index (χ1v) is 15.6. The second-order valence-electron chi connectivity index (χ2n) is 13.5. The molecule has 5 atom stereocenters. The number of nitrogen functional groups attached to an aromatic ring is 1. The summed E-state index contributed by atoms with van der Waals surface area (Å²) in [5.74, 6) is 1.69. The van der Waals surface area contributed by atoms with Crippen LogP contribution in [0.2, 0.25) is 0 Å². The minimum absolute atomic E-state index is 0.274. The molecule has 2 N–H and O–H groups in total. The molecule has 1 spiro atoms. The van der Waals surface area contributed by atoms with Crippen LogP contribution in [0.4, 0.5) is 15.9 Å². The van der Waals surface area contributed by atoms with Gasteiger partial charge in [-0.3, -0.25) is 4.90 Å². The maximum atomic E-state index is 14.5. The fourth-order valence-electron chi connectivity index (χ4n) is 8.55. The van der Waals surface area contributed by atoms with Gasteiger partial charge >= 0.3 is 6.01 Å². The Bertz CT molecular complexity index is 1450. The number of nitrogens with zero attached hydrogens (tertiary/aromatic N) is 5. The second-order valence-corrected chi connectivity index (χ2v) is 13.5. The number of nitrogens with two attached hydrogens (primary N) is 1. The summed E-state index contributed by atoms with van der Waals surface area (Å²) in [4.78, 5) is 14.5. The molecule has 1 aromatic carbocycles. The zero-order chi connectivity index (χ0) is 28.6. The minimum atomic E-state index is -0.812. The van der Waals surface area contributed by atoms with Crippen LogP contribution < -0.4 is 15.4 Å². The maximum absolute atomic E-state index is 14.5. The van der Waals surface area contributed by atoms with Gasteiger partial charge in [-0.2, -0.15) is 15.2 Å². The van der Waals surface area contributed by atoms with Gasteiger partial charge in [0.05, 0.1) is 29.5 Å². The number of rotatable bonds is 5. The molecule has 5 aliphatic heterocycles. The highest BCUT2D eigenvalue weighted by Gasteiger charge is 2.50. The van der Waals surface area contributed by atoms with Crippen molar-refractivity contribution in [3.63, 3.8) is 0 Å². The number of hydrogen-bond acceptors (Lipinski definition) is 9. The molecule has 2 aromatic rings. The minimum Gasteiger partial charge on any atom is -0.461 e. The topological polar surface area (TPSA) is 110 Å². The second kappa shape index (κ2) is 9.76. The molecular weight excluding hydrogens is 535 g/mol. The Balaban J connectivity index is 1.15. The van der Waals surface area contributed by atoms with E-state index in [1.807, 2.05) is 6.07 Å². The van der Waals surface area contributed by atoms with Gasteiger partial charge in [-0.1, -0.05) is 13.0 Å². The van der Waals surface area contributed by atoms with Crippen molar-refractivity contribution in [3.05, 3.63) is 40.1 Å². The van der Waals surface area contributed by atoms with Gasteiger partial charge in [0.15, 0.2) is 0 Å². The molecule has 0 radical (unpaired) electrons. The van der Waals surface area contributed by atoms with Crippen LogP contribution in [-0.4, -0.2) is 72.1 Å². The first-order chi connectivity index (χ1) is 20.4. The Morgan fingerprint density at radius 2 is 2.07 bits per heavy atom. The highest BCUT2D eigenvalue weighted by Crippen LogP contribution is 2.51. The average molecular weight is 575 g/mol. The molecule has 4 saturated heterocycles. The maximum Gasteiger partial charge on any atom is 0.318 e. The van der Waals surface area contributed by atoms with Crippen LogP contribution in [-0.2, 0) is 28.1 Å². The molecule has 0 bridgehead atoms. The lowest BCUT2D eigenvalue weighted by Gasteiger charge is -2.48. The summed E-state index contributed by atoms with van der Waals surface area (Å²) in [5, 5.41) is 10.2. The summed E-state index contributed by atoms with van der Waals surface area (Å²) in [6, 6.07) is 6.64. The van der Waals surface area contributed by atoms with E-state index in [0.717, 1.165) is 86.5 Å². The van der Waals surface area contributed by atoms with Crippen molar-refractivity contribution < 1.29 is 18.6 Å². The fraction of sp³-hybridized carbons (Fsp3) is 0.656. The molecule has 9 nitrogen and oxygen atoms in total. The Kier molecular flexibility index (Phi) is 6.19. The van der Waals surface area contributed by atoms with Crippen LogP contribution in [0, 0.1) is 17.2 Å². The Labute approximate surface area is 246 Å². The van der Waals surface area contributed by atoms with Crippen LogP contribution >= 0.6 is 0 Å². The van der Waals surface area contributed by atoms with Gasteiger partial charge in [0.25, 0.3) is 0 Å². The summed E-state index contributed by atoms with van der Waals surface area (Å²) in [6.07, 6.45) is 5.42. The number of alkyl halides is 1. The molecular formula is C32H39FN6O3. The number of fused-ring (bicyclic) bond motifs is 4. The SMILES string of the molecule is CC1CCC2(Cc3nc(OCC45CCCN4CC(F)C5)nc(N4CC(C5CCO5)C4)c3CO2)c2c1ccc(N)c2C#N. The van der Waals surface area contributed by atoms with E-state index in [9.17, 15) is 9.65 Å². The van der Waals surface area contributed by atoms with Crippen LogP contribution in [0.15, 0.2) is 12.1 Å². The molecule has 6 aliphatic rings. The van der Waals surface area contributed by atoms with Gasteiger partial charge in [0.2, 0.25) is 0 Å². The number of ether oxygens (including phenoxy) is 3. The van der Waals surface area contributed by atoms with Gasteiger partial charge in [-0.05, 0) is 56.2 Å². The summed E-state index contributed by atoms with van der Waals surface area (Å²) < 4.78 is 33.4. The zero-order valence-electron chi connectivity index (χ0n) is 24.3. The third-order valence-electron chi connectivity index (χ3n) is 11.0. The van der Waals surface area contributed by atoms with E-state index in [0.29, 0.717) is 67.8 Å². The van der Waals surface area contributed by atoms with Crippen molar-refractivity contribution in [2.45, 2.75) is 87.8 Å². The zero-order valence-corrected chi connectivity index (χ0v) is 24.3. The van der Waals surface area contributed by atoms with E-state index >= 15 is 0 Å². The molecule has 1 aliphatic carbocycles. The Hall–Kier alpha value is -3.00. The summed E-state index contributed by atoms with van der Waals surface area (Å²) in [6.45, 7) is 6.98. The van der Waals surface area contributed by atoms with Gasteiger partial charge < -0.3 is 24.8 Å². The average Bonchev–Trinajstić information content (AvgIpc) is 3.45. The predicted molar refractivity (Wildman–Crippen MR) is 154 cm³/mol. The van der Waals surface area contributed by atoms with Crippen molar-refractivity contribution >= 4 is 11.5 Å². The van der Waals surface area contributed by atoms with E-state index in [2.05, 4.69) is 28.9 Å². The molecule has 8 rings (SSSR count). The Morgan fingerprint density at radius 3 is 2.86 bits per heavy atom. The lowest BCUT2D eigenvalue weighted by Crippen LogP contribution is -2.56. The highest BCUT2D eigenvalue weighted by molar-refractivity contribution is 5.64. The molecule has 0 amide bonds. The van der Waals surface area contributed by atoms with Gasteiger partial charge in [0, 0.05) is 61.8 Å². The molecule has 222 valence electrons. The molecule has 4 fully saturated rings. The van der Waals surface area contributed by atoms with Crippen LogP contribution in [0.25, 0.3) is 0 Å². The number of benzene rings is 1. The molecule has 0 saturated carbocycles. The number of nitriles is 1. The highest BCUT2D eigenvalue weighted by atomic mass is 19.1. The third kappa shape index (κ3) is 4.04. The lowest BCUT2D eigenvalue weighted by atomic mass is 9.69. The van der Waals surface area contributed by atoms with Crippen LogP contribution in [0.5, 0.6) is 6.01 Å². The standard InChI is InChI=1S/C32H39FN6O3/c1-19-5-8-32(28-22(19)3-4-25(35)23(28)13-34)12-26-24(17-42-32)29(38-14-20(15-38)27-6-10-40-27)37-30(36-26)41-18-31-7-2-9-39(31)16-21(33)11-31/h3-4,19-21,27H,2,5-12,14-18,35H2,1H3. The normalized spacial score (nSPS) is 33.8. The van der Waals surface area contributed by atoms with E-state index in [1.165, 1.54) is 0 Å². The van der Waals surface area contributed by atoms with Crippen LogP contribution in [0.3, 0.4) is 0 Å². The summed E-state index contributed by atoms with van der Waals surface area (Å²) >= 11 is 0. The van der Waals surface area contributed by atoms with E-state index in [-0.39, 0.29) is 5.54 Å². The molecule has 1 aromatic heterocycles. The fourth-order valence-corrected chi connectivity index (χ4v) is 8.55. The van der Waals surface area contributed by atoms with Crippen LogP contribution in [0.1, 0.15) is 79.3 Å². The van der Waals surface area contributed by atoms with Gasteiger partial charge in [-0.15, -0.1) is 0 Å². The monoisotopic (exact) mass is 574 g/mol. The lowest BCUT2D eigenvalue weighted by molar-refractivity contribution is -0.0919. The van der Waals surface area contributed by atoms with Crippen molar-refractivity contribution in [3.8, 4) is 12.1 Å². The van der Waals surface area contributed by atoms with Crippen molar-refractivity contribution in [2.24, 2.45) is 5.92 Å². The number of halogens is 1. The van der Waals surface area contributed by atoms with Crippen molar-refractivity contribution in [1.29, 1.82) is 5.26 Å². The summed E-state index contributed by atoms with van der Waals surface area (Å²) in [7, 11) is 0. The van der Waals surface area contributed by atoms with Crippen molar-refractivity contribution in [1.82, 2.24) is 14.9 Å². The van der Waals surface area contributed by atoms with E-state index in [1.54, 1.807) is 0 Å². The van der Waals surface area contributed by atoms with E-state index < -0.39 is 11.8 Å². The molecule has 5 unspecified atom stereocenters. The van der Waals surface area contributed by atoms with Gasteiger partial charge in [-0.25, -0.2) is 4.39 Å². The van der Waals surface area contributed by atoms with Crippen molar-refractivity contribution in [2.75, 3.05) is 50.0 Å². The van der Waals surface area contributed by atoms with Gasteiger partial charge in [0.1, 0.15) is 30.3 Å².